The van der Waals surface area contributed by atoms with Gasteiger partial charge in [0.2, 0.25) is 0 Å². The number of fused-ring (bicyclic) bond motifs is 2. The van der Waals surface area contributed by atoms with Crippen molar-refractivity contribution in [3.8, 4) is 11.5 Å². The van der Waals surface area contributed by atoms with Gasteiger partial charge in [-0.3, -0.25) is 9.78 Å². The molecule has 0 saturated carbocycles. The van der Waals surface area contributed by atoms with Crippen LogP contribution >= 0.6 is 0 Å². The quantitative estimate of drug-likeness (QED) is 0.616. The van der Waals surface area contributed by atoms with Gasteiger partial charge in [0, 0.05) is 11.1 Å². The van der Waals surface area contributed by atoms with Crippen LogP contribution in [0.3, 0.4) is 0 Å². The van der Waals surface area contributed by atoms with Gasteiger partial charge in [-0.05, 0) is 37.1 Å². The van der Waals surface area contributed by atoms with Gasteiger partial charge in [-0.15, -0.1) is 0 Å². The lowest BCUT2D eigenvalue weighted by Crippen LogP contribution is -2.42. The van der Waals surface area contributed by atoms with Crippen LogP contribution in [0.5, 0.6) is 11.5 Å². The second-order valence-electron chi connectivity index (χ2n) is 7.31. The summed E-state index contributed by atoms with van der Waals surface area (Å²) >= 11 is 0. The molecule has 1 amide bonds. The second kappa shape index (κ2) is 9.04. The largest absolute Gasteiger partial charge is 0.486 e. The SMILES string of the molecule is CCc1nc2ccccc2c(C(=O)OCC(=O)NC[C@@H]2COc3ccccc3O2)c1C. The third kappa shape index (κ3) is 4.45. The van der Waals surface area contributed by atoms with E-state index in [-0.39, 0.29) is 19.3 Å². The molecule has 7 heteroatoms. The van der Waals surface area contributed by atoms with Crippen LogP contribution < -0.4 is 14.8 Å². The van der Waals surface area contributed by atoms with Gasteiger partial charge >= 0.3 is 5.97 Å². The van der Waals surface area contributed by atoms with Crippen molar-refractivity contribution in [2.24, 2.45) is 0 Å². The third-order valence-electron chi connectivity index (χ3n) is 5.20. The molecule has 0 unspecified atom stereocenters. The molecule has 1 aliphatic rings. The van der Waals surface area contributed by atoms with E-state index in [0.29, 0.717) is 35.5 Å². The lowest BCUT2D eigenvalue weighted by atomic mass is 10.0. The number of ether oxygens (including phenoxy) is 3. The molecule has 160 valence electrons. The average Bonchev–Trinajstić information content (AvgIpc) is 2.80. The zero-order chi connectivity index (χ0) is 21.8. The maximum atomic E-state index is 12.8. The predicted molar refractivity (Wildman–Crippen MR) is 116 cm³/mol. The zero-order valence-corrected chi connectivity index (χ0v) is 17.5. The minimum atomic E-state index is -0.535. The standard InChI is InChI=1S/C24H24N2O5/c1-3-18-15(2)23(17-8-4-5-9-19(17)26-18)24(28)30-14-22(27)25-12-16-13-29-20-10-6-7-11-21(20)31-16/h4-11,16H,3,12-14H2,1-2H3,(H,25,27)/t16-/m1/s1. The van der Waals surface area contributed by atoms with Gasteiger partial charge in [-0.25, -0.2) is 4.79 Å². The van der Waals surface area contributed by atoms with Crippen LogP contribution in [0.1, 0.15) is 28.5 Å². The molecule has 2 heterocycles. The molecule has 0 fully saturated rings. The van der Waals surface area contributed by atoms with Crippen molar-refractivity contribution >= 4 is 22.8 Å². The number of nitrogens with zero attached hydrogens (tertiary/aromatic N) is 1. The Balaban J connectivity index is 1.36. The maximum absolute atomic E-state index is 12.8. The van der Waals surface area contributed by atoms with E-state index in [9.17, 15) is 9.59 Å². The number of nitrogens with one attached hydrogen (secondary N) is 1. The number of carbonyl (C=O) groups excluding carboxylic acids is 2. The van der Waals surface area contributed by atoms with Gasteiger partial charge in [0.15, 0.2) is 18.1 Å². The van der Waals surface area contributed by atoms with Crippen LogP contribution in [0.2, 0.25) is 0 Å². The Morgan fingerprint density at radius 1 is 1.13 bits per heavy atom. The molecule has 4 rings (SSSR count). The van der Waals surface area contributed by atoms with Crippen molar-refractivity contribution in [2.45, 2.75) is 26.4 Å². The monoisotopic (exact) mass is 420 g/mol. The summed E-state index contributed by atoms with van der Waals surface area (Å²) in [5, 5.41) is 3.45. The predicted octanol–water partition coefficient (Wildman–Crippen LogP) is 3.22. The van der Waals surface area contributed by atoms with E-state index in [1.165, 1.54) is 0 Å². The number of hydrogen-bond acceptors (Lipinski definition) is 6. The van der Waals surface area contributed by atoms with Crippen molar-refractivity contribution in [3.63, 3.8) is 0 Å². The molecule has 1 aliphatic heterocycles. The highest BCUT2D eigenvalue weighted by Crippen LogP contribution is 2.30. The summed E-state index contributed by atoms with van der Waals surface area (Å²) in [7, 11) is 0. The fraction of sp³-hybridized carbons (Fsp3) is 0.292. The first-order valence-corrected chi connectivity index (χ1v) is 10.3. The number of para-hydroxylation sites is 3. The Hall–Kier alpha value is -3.61. The summed E-state index contributed by atoms with van der Waals surface area (Å²) in [5.74, 6) is 0.395. The summed E-state index contributed by atoms with van der Waals surface area (Å²) in [6, 6.07) is 14.8. The van der Waals surface area contributed by atoms with Crippen LogP contribution in [0.4, 0.5) is 0 Å². The highest BCUT2D eigenvalue weighted by molar-refractivity contribution is 6.05. The van der Waals surface area contributed by atoms with Crippen LogP contribution in [0.25, 0.3) is 10.9 Å². The van der Waals surface area contributed by atoms with Crippen molar-refractivity contribution < 1.29 is 23.8 Å². The van der Waals surface area contributed by atoms with Crippen molar-refractivity contribution in [3.05, 3.63) is 65.4 Å². The van der Waals surface area contributed by atoms with Gasteiger partial charge < -0.3 is 19.5 Å². The molecule has 7 nitrogen and oxygen atoms in total. The molecule has 0 radical (unpaired) electrons. The molecule has 1 aromatic heterocycles. The number of benzene rings is 2. The van der Waals surface area contributed by atoms with E-state index in [4.69, 9.17) is 14.2 Å². The van der Waals surface area contributed by atoms with E-state index in [0.717, 1.165) is 16.8 Å². The molecule has 3 aromatic rings. The molecular weight excluding hydrogens is 396 g/mol. The summed E-state index contributed by atoms with van der Waals surface area (Å²) < 4.78 is 16.8. The highest BCUT2D eigenvalue weighted by Gasteiger charge is 2.22. The lowest BCUT2D eigenvalue weighted by Gasteiger charge is -2.26. The summed E-state index contributed by atoms with van der Waals surface area (Å²) in [5.41, 5.74) is 2.80. The number of rotatable bonds is 6. The van der Waals surface area contributed by atoms with E-state index in [2.05, 4.69) is 10.3 Å². The summed E-state index contributed by atoms with van der Waals surface area (Å²) in [4.78, 5) is 29.7. The molecule has 0 spiro atoms. The number of aromatic nitrogens is 1. The Bertz CT molecular complexity index is 1130. The average molecular weight is 420 g/mol. The minimum Gasteiger partial charge on any atom is -0.486 e. The summed E-state index contributed by atoms with van der Waals surface area (Å²) in [6.07, 6.45) is 0.386. The van der Waals surface area contributed by atoms with E-state index in [1.807, 2.05) is 62.4 Å². The first kappa shape index (κ1) is 20.7. The Morgan fingerprint density at radius 2 is 1.87 bits per heavy atom. The van der Waals surface area contributed by atoms with Gasteiger partial charge in [0.05, 0.1) is 17.6 Å². The highest BCUT2D eigenvalue weighted by atomic mass is 16.6. The number of amides is 1. The number of pyridine rings is 1. The molecule has 1 N–H and O–H groups in total. The summed E-state index contributed by atoms with van der Waals surface area (Å²) in [6.45, 7) is 4.05. The van der Waals surface area contributed by atoms with Gasteiger partial charge in [0.25, 0.3) is 5.91 Å². The Kier molecular flexibility index (Phi) is 6.02. The number of esters is 1. The van der Waals surface area contributed by atoms with Crippen LogP contribution in [0, 0.1) is 6.92 Å². The number of carbonyl (C=O) groups is 2. The zero-order valence-electron chi connectivity index (χ0n) is 17.5. The fourth-order valence-electron chi connectivity index (χ4n) is 3.61. The van der Waals surface area contributed by atoms with Crippen LogP contribution in [-0.4, -0.2) is 42.7 Å². The normalized spacial score (nSPS) is 14.8. The topological polar surface area (TPSA) is 86.8 Å². The second-order valence-corrected chi connectivity index (χ2v) is 7.31. The molecule has 0 aliphatic carbocycles. The van der Waals surface area contributed by atoms with E-state index in [1.54, 1.807) is 0 Å². The van der Waals surface area contributed by atoms with E-state index >= 15 is 0 Å². The molecule has 1 atom stereocenters. The smallest absolute Gasteiger partial charge is 0.339 e. The molecule has 0 saturated heterocycles. The van der Waals surface area contributed by atoms with Crippen molar-refractivity contribution in [2.75, 3.05) is 19.8 Å². The van der Waals surface area contributed by atoms with Gasteiger partial charge in [0.1, 0.15) is 12.7 Å². The third-order valence-corrected chi connectivity index (χ3v) is 5.20. The molecule has 31 heavy (non-hydrogen) atoms. The molecule has 2 aromatic carbocycles. The van der Waals surface area contributed by atoms with E-state index < -0.39 is 11.9 Å². The first-order chi connectivity index (χ1) is 15.1. The first-order valence-electron chi connectivity index (χ1n) is 10.3. The van der Waals surface area contributed by atoms with Crippen molar-refractivity contribution in [1.29, 1.82) is 0 Å². The lowest BCUT2D eigenvalue weighted by molar-refractivity contribution is -0.124. The van der Waals surface area contributed by atoms with Crippen LogP contribution in [0.15, 0.2) is 48.5 Å². The van der Waals surface area contributed by atoms with Crippen molar-refractivity contribution in [1.82, 2.24) is 10.3 Å². The number of hydrogen-bond donors (Lipinski definition) is 1. The molecular formula is C24H24N2O5. The number of aryl methyl sites for hydroxylation is 1. The fourth-order valence-corrected chi connectivity index (χ4v) is 3.61. The Morgan fingerprint density at radius 3 is 2.68 bits per heavy atom. The maximum Gasteiger partial charge on any atom is 0.339 e. The van der Waals surface area contributed by atoms with Gasteiger partial charge in [-0.2, -0.15) is 0 Å². The minimum absolute atomic E-state index is 0.252. The van der Waals surface area contributed by atoms with Crippen LogP contribution in [-0.2, 0) is 16.0 Å². The Labute approximate surface area is 180 Å². The van der Waals surface area contributed by atoms with Gasteiger partial charge in [-0.1, -0.05) is 37.3 Å². The molecule has 0 bridgehead atoms.